The fraction of sp³-hybridized carbons (Fsp3) is 0.333. The molecular formula is C21H21F3O3S. The summed E-state index contributed by atoms with van der Waals surface area (Å²) in [6.07, 6.45) is -2.55. The lowest BCUT2D eigenvalue weighted by molar-refractivity contribution is -0.138. The van der Waals surface area contributed by atoms with Crippen molar-refractivity contribution in [1.29, 1.82) is 0 Å². The number of halogens is 3. The zero-order chi connectivity index (χ0) is 20.7. The molecule has 1 N–H and O–H groups in total. The summed E-state index contributed by atoms with van der Waals surface area (Å²) in [4.78, 5) is 12.0. The molecule has 0 spiro atoms. The Bertz CT molecular complexity index is 869. The van der Waals surface area contributed by atoms with Crippen molar-refractivity contribution in [3.63, 3.8) is 0 Å². The summed E-state index contributed by atoms with van der Waals surface area (Å²) in [5.74, 6) is -2.07. The third-order valence-corrected chi connectivity index (χ3v) is 5.13. The van der Waals surface area contributed by atoms with Gasteiger partial charge in [0.1, 0.15) is 5.92 Å². The predicted octanol–water partition coefficient (Wildman–Crippen LogP) is 4.98. The summed E-state index contributed by atoms with van der Waals surface area (Å²) >= 11 is 0.195. The molecule has 0 aliphatic heterocycles. The van der Waals surface area contributed by atoms with Gasteiger partial charge in [0, 0.05) is 4.86 Å². The minimum Gasteiger partial charge on any atom is -0.481 e. The summed E-state index contributed by atoms with van der Waals surface area (Å²) in [7, 11) is 0. The standard InChI is InChI=1S/C21H21F3O3S/c1-14-9-11-16(12-10-14)19(20(25)26)18(28-27)8-3-2-5-15-6-4-7-17(13-15)21(22,23)24/h4,6-7,9-13,19H,2-3,5,8H2,1H3,(H,25,26). The number of aryl methyl sites for hydroxylation is 2. The van der Waals surface area contributed by atoms with Crippen LogP contribution in [0.3, 0.4) is 0 Å². The van der Waals surface area contributed by atoms with Crippen molar-refractivity contribution in [1.82, 2.24) is 0 Å². The number of unbranched alkanes of at least 4 members (excludes halogenated alkanes) is 1. The maximum absolute atomic E-state index is 12.8. The van der Waals surface area contributed by atoms with Crippen LogP contribution in [-0.2, 0) is 28.6 Å². The van der Waals surface area contributed by atoms with Gasteiger partial charge in [-0.05, 0) is 49.8 Å². The predicted molar refractivity (Wildman–Crippen MR) is 104 cm³/mol. The highest BCUT2D eigenvalue weighted by molar-refractivity contribution is 7.66. The van der Waals surface area contributed by atoms with E-state index in [1.165, 1.54) is 6.07 Å². The molecule has 3 nitrogen and oxygen atoms in total. The number of alkyl halides is 3. The number of carboxylic acids is 1. The van der Waals surface area contributed by atoms with Crippen molar-refractivity contribution >= 4 is 22.1 Å². The average molecular weight is 410 g/mol. The Kier molecular flexibility index (Phi) is 7.57. The Hall–Kier alpha value is -2.41. The Balaban J connectivity index is 1.99. The molecule has 0 amide bonds. The molecule has 0 saturated heterocycles. The smallest absolute Gasteiger partial charge is 0.416 e. The molecule has 0 radical (unpaired) electrons. The van der Waals surface area contributed by atoms with E-state index in [4.69, 9.17) is 0 Å². The lowest BCUT2D eigenvalue weighted by Crippen LogP contribution is -2.21. The Morgan fingerprint density at radius 3 is 2.36 bits per heavy atom. The number of benzene rings is 2. The van der Waals surface area contributed by atoms with Crippen molar-refractivity contribution in [3.8, 4) is 0 Å². The molecule has 0 aliphatic carbocycles. The number of rotatable bonds is 8. The van der Waals surface area contributed by atoms with E-state index in [1.54, 1.807) is 30.3 Å². The van der Waals surface area contributed by atoms with Crippen LogP contribution in [0.25, 0.3) is 0 Å². The maximum Gasteiger partial charge on any atom is 0.416 e. The quantitative estimate of drug-likeness (QED) is 0.493. The van der Waals surface area contributed by atoms with E-state index in [9.17, 15) is 27.3 Å². The Morgan fingerprint density at radius 1 is 1.11 bits per heavy atom. The zero-order valence-corrected chi connectivity index (χ0v) is 16.1. The van der Waals surface area contributed by atoms with Crippen LogP contribution in [0.4, 0.5) is 13.2 Å². The van der Waals surface area contributed by atoms with Crippen LogP contribution >= 0.6 is 0 Å². The maximum atomic E-state index is 12.8. The second-order valence-electron chi connectivity index (χ2n) is 6.64. The minimum atomic E-state index is -4.38. The first-order chi connectivity index (χ1) is 13.2. The van der Waals surface area contributed by atoms with Gasteiger partial charge in [-0.3, -0.25) is 4.79 Å². The van der Waals surface area contributed by atoms with Crippen LogP contribution in [0.1, 0.15) is 47.4 Å². The first-order valence-electron chi connectivity index (χ1n) is 8.83. The zero-order valence-electron chi connectivity index (χ0n) is 15.3. The molecule has 0 aromatic heterocycles. The number of hydrogen-bond donors (Lipinski definition) is 1. The third-order valence-electron chi connectivity index (χ3n) is 4.48. The number of hydrogen-bond acceptors (Lipinski definition) is 2. The Labute approximate surface area is 165 Å². The molecule has 0 heterocycles. The monoisotopic (exact) mass is 410 g/mol. The lowest BCUT2D eigenvalue weighted by Gasteiger charge is -2.14. The van der Waals surface area contributed by atoms with Gasteiger partial charge in [-0.25, -0.2) is 4.21 Å². The minimum absolute atomic E-state index is 0.195. The highest BCUT2D eigenvalue weighted by Crippen LogP contribution is 2.30. The van der Waals surface area contributed by atoms with Crippen molar-refractivity contribution < 1.29 is 27.3 Å². The van der Waals surface area contributed by atoms with E-state index in [-0.39, 0.29) is 11.3 Å². The molecule has 0 bridgehead atoms. The SMILES string of the molecule is Cc1ccc(C(C(=O)O)C(CCCCc2cccc(C(F)(F)F)c2)=S=O)cc1. The van der Waals surface area contributed by atoms with Crippen molar-refractivity contribution in [2.75, 3.05) is 0 Å². The molecule has 28 heavy (non-hydrogen) atoms. The van der Waals surface area contributed by atoms with Gasteiger partial charge in [0.05, 0.1) is 16.8 Å². The van der Waals surface area contributed by atoms with Gasteiger partial charge in [0.15, 0.2) is 0 Å². The summed E-state index contributed by atoms with van der Waals surface area (Å²) in [5.41, 5.74) is 1.43. The Morgan fingerprint density at radius 2 is 1.79 bits per heavy atom. The second kappa shape index (κ2) is 9.68. The first kappa shape index (κ1) is 21.9. The van der Waals surface area contributed by atoms with Crippen molar-refractivity contribution in [3.05, 3.63) is 70.8 Å². The van der Waals surface area contributed by atoms with Gasteiger partial charge >= 0.3 is 12.1 Å². The molecule has 0 saturated carbocycles. The van der Waals surface area contributed by atoms with Crippen molar-refractivity contribution in [2.24, 2.45) is 0 Å². The molecule has 2 rings (SSSR count). The summed E-state index contributed by atoms with van der Waals surface area (Å²) in [6, 6.07) is 12.2. The van der Waals surface area contributed by atoms with Crippen LogP contribution in [0.5, 0.6) is 0 Å². The molecule has 0 fully saturated rings. The van der Waals surface area contributed by atoms with E-state index in [1.807, 2.05) is 6.92 Å². The van der Waals surface area contributed by atoms with E-state index in [0.717, 1.165) is 17.7 Å². The van der Waals surface area contributed by atoms with Gasteiger partial charge in [-0.2, -0.15) is 13.2 Å². The number of aliphatic carboxylic acids is 1. The second-order valence-corrected chi connectivity index (χ2v) is 7.33. The van der Waals surface area contributed by atoms with Gasteiger partial charge < -0.3 is 5.11 Å². The highest BCUT2D eigenvalue weighted by atomic mass is 32.1. The van der Waals surface area contributed by atoms with Gasteiger partial charge in [0.2, 0.25) is 0 Å². The van der Waals surface area contributed by atoms with Gasteiger partial charge in [0.25, 0.3) is 0 Å². The average Bonchev–Trinajstić information content (AvgIpc) is 2.64. The van der Waals surface area contributed by atoms with Crippen LogP contribution in [0, 0.1) is 6.92 Å². The van der Waals surface area contributed by atoms with Gasteiger partial charge in [-0.15, -0.1) is 0 Å². The molecule has 150 valence electrons. The van der Waals surface area contributed by atoms with Crippen LogP contribution < -0.4 is 0 Å². The topological polar surface area (TPSA) is 54.4 Å². The largest absolute Gasteiger partial charge is 0.481 e. The lowest BCUT2D eigenvalue weighted by atomic mass is 9.92. The van der Waals surface area contributed by atoms with E-state index in [2.05, 4.69) is 0 Å². The van der Waals surface area contributed by atoms with Gasteiger partial charge in [-0.1, -0.05) is 48.0 Å². The molecule has 1 atom stereocenters. The molecular weight excluding hydrogens is 389 g/mol. The van der Waals surface area contributed by atoms with E-state index < -0.39 is 23.6 Å². The molecule has 7 heteroatoms. The normalized spacial score (nSPS) is 12.4. The summed E-state index contributed by atoms with van der Waals surface area (Å²) in [6.45, 7) is 1.89. The van der Waals surface area contributed by atoms with Crippen LogP contribution in [0.2, 0.25) is 0 Å². The van der Waals surface area contributed by atoms with Crippen LogP contribution in [0.15, 0.2) is 48.5 Å². The fourth-order valence-corrected chi connectivity index (χ4v) is 3.55. The van der Waals surface area contributed by atoms with Crippen LogP contribution in [-0.4, -0.2) is 20.1 Å². The van der Waals surface area contributed by atoms with E-state index in [0.29, 0.717) is 41.7 Å². The third kappa shape index (κ3) is 6.05. The molecule has 2 aromatic rings. The number of carbonyl (C=O) groups is 1. The molecule has 1 unspecified atom stereocenters. The number of carboxylic acid groups (broad SMARTS) is 1. The summed E-state index contributed by atoms with van der Waals surface area (Å²) < 4.78 is 49.8. The van der Waals surface area contributed by atoms with Crippen molar-refractivity contribution in [2.45, 2.75) is 44.7 Å². The molecule has 2 aromatic carbocycles. The highest BCUT2D eigenvalue weighted by Gasteiger charge is 2.30. The first-order valence-corrected chi connectivity index (χ1v) is 9.57. The summed E-state index contributed by atoms with van der Waals surface area (Å²) in [5, 5.41) is 9.56. The van der Waals surface area contributed by atoms with E-state index >= 15 is 0 Å². The fourth-order valence-electron chi connectivity index (χ4n) is 2.99. The molecule has 0 aliphatic rings.